The first-order valence-corrected chi connectivity index (χ1v) is 5.91. The Morgan fingerprint density at radius 3 is 2.24 bits per heavy atom. The van der Waals surface area contributed by atoms with Crippen LogP contribution in [0.3, 0.4) is 0 Å². The Morgan fingerprint density at radius 1 is 1.35 bits per heavy atom. The number of non-ortho nitro benzene ring substituents is 1. The van der Waals surface area contributed by atoms with Crippen molar-refractivity contribution in [2.24, 2.45) is 0 Å². The molecule has 0 aliphatic rings. The summed E-state index contributed by atoms with van der Waals surface area (Å²) in [4.78, 5) is 9.76. The molecule has 94 valence electrons. The minimum Gasteiger partial charge on any atom is -0.283 e. The molecule has 1 atom stereocenters. The van der Waals surface area contributed by atoms with E-state index in [1.165, 1.54) is 12.1 Å². The summed E-state index contributed by atoms with van der Waals surface area (Å²) in [5, 5.41) is 10.4. The molecule has 0 aliphatic carbocycles. The zero-order valence-electron chi connectivity index (χ0n) is 8.28. The molecule has 0 aliphatic heterocycles. The molecule has 0 saturated heterocycles. The quantitative estimate of drug-likeness (QED) is 0.356. The maximum Gasteiger partial charge on any atom is 0.523 e. The highest BCUT2D eigenvalue weighted by Gasteiger charge is 2.33. The van der Waals surface area contributed by atoms with Crippen LogP contribution in [0, 0.1) is 10.1 Å². The van der Waals surface area contributed by atoms with E-state index in [2.05, 4.69) is 4.74 Å². The number of ether oxygens (including phenoxy) is 1. The molecule has 4 nitrogen and oxygen atoms in total. The molecule has 0 spiro atoms. The molecule has 0 bridgehead atoms. The predicted octanol–water partition coefficient (Wildman–Crippen LogP) is 3.61. The van der Waals surface area contributed by atoms with Crippen molar-refractivity contribution in [3.63, 3.8) is 0 Å². The third-order valence-corrected chi connectivity index (χ3v) is 2.69. The number of hydrogen-bond donors (Lipinski definition) is 0. The number of nitro groups is 1. The Labute approximate surface area is 108 Å². The van der Waals surface area contributed by atoms with Crippen LogP contribution in [0.15, 0.2) is 24.3 Å². The average molecular weight is 361 g/mol. The first kappa shape index (κ1) is 14.2. The van der Waals surface area contributed by atoms with Crippen molar-refractivity contribution in [2.75, 3.05) is 4.43 Å². The van der Waals surface area contributed by atoms with Crippen molar-refractivity contribution in [3.05, 3.63) is 39.9 Å². The van der Waals surface area contributed by atoms with E-state index in [-0.39, 0.29) is 15.7 Å². The molecule has 0 N–H and O–H groups in total. The first-order chi connectivity index (χ1) is 7.83. The van der Waals surface area contributed by atoms with Gasteiger partial charge in [-0.25, -0.2) is 0 Å². The standard InChI is InChI=1S/C9H7F3INO3/c10-9(11,12)17-8(5-13)6-1-3-7(4-2-6)14(15)16/h1-4,8H,5H2. The largest absolute Gasteiger partial charge is 0.523 e. The lowest BCUT2D eigenvalue weighted by atomic mass is 10.1. The fourth-order valence-electron chi connectivity index (χ4n) is 1.16. The number of nitro benzene ring substituents is 1. The molecule has 0 radical (unpaired) electrons. The van der Waals surface area contributed by atoms with Crippen LogP contribution in [0.2, 0.25) is 0 Å². The topological polar surface area (TPSA) is 52.4 Å². The maximum absolute atomic E-state index is 12.1. The van der Waals surface area contributed by atoms with Crippen molar-refractivity contribution in [1.29, 1.82) is 0 Å². The van der Waals surface area contributed by atoms with Crippen molar-refractivity contribution >= 4 is 28.3 Å². The highest BCUT2D eigenvalue weighted by atomic mass is 127. The lowest BCUT2D eigenvalue weighted by Crippen LogP contribution is -2.19. The van der Waals surface area contributed by atoms with Crippen molar-refractivity contribution in [2.45, 2.75) is 12.5 Å². The third-order valence-electron chi connectivity index (χ3n) is 1.89. The van der Waals surface area contributed by atoms with Crippen LogP contribution in [0.4, 0.5) is 18.9 Å². The number of halogens is 4. The van der Waals surface area contributed by atoms with E-state index in [9.17, 15) is 23.3 Å². The first-order valence-electron chi connectivity index (χ1n) is 4.38. The van der Waals surface area contributed by atoms with Crippen molar-refractivity contribution in [3.8, 4) is 0 Å². The van der Waals surface area contributed by atoms with Crippen LogP contribution in [-0.4, -0.2) is 15.7 Å². The van der Waals surface area contributed by atoms with Crippen LogP contribution in [0.1, 0.15) is 11.7 Å². The van der Waals surface area contributed by atoms with Gasteiger partial charge in [-0.2, -0.15) is 0 Å². The number of alkyl halides is 4. The highest BCUT2D eigenvalue weighted by Crippen LogP contribution is 2.30. The summed E-state index contributed by atoms with van der Waals surface area (Å²) in [6.07, 6.45) is -5.88. The van der Waals surface area contributed by atoms with E-state index in [0.29, 0.717) is 0 Å². The summed E-state index contributed by atoms with van der Waals surface area (Å²) in [6, 6.07) is 4.81. The van der Waals surface area contributed by atoms with Gasteiger partial charge in [-0.05, 0) is 17.7 Å². The molecular formula is C9H7F3INO3. The van der Waals surface area contributed by atoms with E-state index in [1.807, 2.05) is 0 Å². The molecule has 0 fully saturated rings. The maximum atomic E-state index is 12.1. The van der Waals surface area contributed by atoms with Crippen LogP contribution in [0.25, 0.3) is 0 Å². The predicted molar refractivity (Wildman–Crippen MR) is 61.9 cm³/mol. The Kier molecular flexibility index (Phi) is 4.69. The van der Waals surface area contributed by atoms with Gasteiger partial charge in [0.1, 0.15) is 6.10 Å². The smallest absolute Gasteiger partial charge is 0.283 e. The van der Waals surface area contributed by atoms with Crippen molar-refractivity contribution in [1.82, 2.24) is 0 Å². The van der Waals surface area contributed by atoms with E-state index < -0.39 is 17.4 Å². The fourth-order valence-corrected chi connectivity index (χ4v) is 1.85. The third kappa shape index (κ3) is 4.46. The molecule has 0 amide bonds. The van der Waals surface area contributed by atoms with Crippen LogP contribution >= 0.6 is 22.6 Å². The summed E-state index contributed by atoms with van der Waals surface area (Å²) < 4.78 is 40.1. The molecule has 0 aromatic heterocycles. The SMILES string of the molecule is O=[N+]([O-])c1ccc(C(CI)OC(F)(F)F)cc1. The van der Waals surface area contributed by atoms with Gasteiger partial charge in [0, 0.05) is 16.6 Å². The van der Waals surface area contributed by atoms with Gasteiger partial charge in [0.2, 0.25) is 0 Å². The molecule has 0 saturated carbocycles. The average Bonchev–Trinajstić information content (AvgIpc) is 2.25. The molecule has 17 heavy (non-hydrogen) atoms. The zero-order valence-corrected chi connectivity index (χ0v) is 10.4. The molecule has 1 aromatic carbocycles. The fraction of sp³-hybridized carbons (Fsp3) is 0.333. The van der Waals surface area contributed by atoms with E-state index in [0.717, 1.165) is 12.1 Å². The van der Waals surface area contributed by atoms with Gasteiger partial charge in [-0.15, -0.1) is 13.2 Å². The number of benzene rings is 1. The number of rotatable bonds is 4. The second-order valence-electron chi connectivity index (χ2n) is 3.06. The van der Waals surface area contributed by atoms with Gasteiger partial charge >= 0.3 is 6.36 Å². The summed E-state index contributed by atoms with van der Waals surface area (Å²) in [5.74, 6) is 0. The molecular weight excluding hydrogens is 354 g/mol. The Morgan fingerprint density at radius 2 is 1.88 bits per heavy atom. The summed E-state index contributed by atoms with van der Waals surface area (Å²) in [6.45, 7) is 0. The highest BCUT2D eigenvalue weighted by molar-refractivity contribution is 14.1. The van der Waals surface area contributed by atoms with Crippen LogP contribution < -0.4 is 0 Å². The van der Waals surface area contributed by atoms with E-state index in [4.69, 9.17) is 0 Å². The van der Waals surface area contributed by atoms with Gasteiger partial charge in [0.25, 0.3) is 5.69 Å². The van der Waals surface area contributed by atoms with E-state index >= 15 is 0 Å². The zero-order chi connectivity index (χ0) is 13.1. The van der Waals surface area contributed by atoms with Crippen LogP contribution in [-0.2, 0) is 4.74 Å². The Hall–Kier alpha value is -0.900. The molecule has 1 unspecified atom stereocenters. The molecule has 0 heterocycles. The summed E-state index contributed by atoms with van der Waals surface area (Å²) in [5.41, 5.74) is 0.0790. The van der Waals surface area contributed by atoms with Gasteiger partial charge in [0.05, 0.1) is 4.92 Å². The van der Waals surface area contributed by atoms with Gasteiger partial charge in [-0.1, -0.05) is 22.6 Å². The Balaban J connectivity index is 2.86. The number of nitrogens with zero attached hydrogens (tertiary/aromatic N) is 1. The van der Waals surface area contributed by atoms with Crippen molar-refractivity contribution < 1.29 is 22.8 Å². The minimum absolute atomic E-state index is 0.0923. The van der Waals surface area contributed by atoms with Gasteiger partial charge in [0.15, 0.2) is 0 Å². The van der Waals surface area contributed by atoms with Gasteiger partial charge < -0.3 is 0 Å². The molecule has 1 aromatic rings. The Bertz CT molecular complexity index is 393. The van der Waals surface area contributed by atoms with Gasteiger partial charge in [-0.3, -0.25) is 14.9 Å². The summed E-state index contributed by atoms with van der Waals surface area (Å²) in [7, 11) is 0. The minimum atomic E-state index is -4.72. The lowest BCUT2D eigenvalue weighted by Gasteiger charge is -2.17. The van der Waals surface area contributed by atoms with E-state index in [1.54, 1.807) is 22.6 Å². The monoisotopic (exact) mass is 361 g/mol. The molecule has 1 rings (SSSR count). The second-order valence-corrected chi connectivity index (χ2v) is 3.94. The normalized spacial score (nSPS) is 13.4. The second kappa shape index (κ2) is 5.63. The molecule has 8 heteroatoms. The lowest BCUT2D eigenvalue weighted by molar-refractivity contribution is -0.384. The number of hydrogen-bond acceptors (Lipinski definition) is 3. The van der Waals surface area contributed by atoms with Crippen LogP contribution in [0.5, 0.6) is 0 Å². The summed E-state index contributed by atoms with van der Waals surface area (Å²) >= 11 is 1.76.